The second kappa shape index (κ2) is 10.4. The zero-order valence-electron chi connectivity index (χ0n) is 17.5. The highest BCUT2D eigenvalue weighted by Crippen LogP contribution is 2.39. The van der Waals surface area contributed by atoms with Crippen molar-refractivity contribution in [3.8, 4) is 17.2 Å². The molecule has 0 aliphatic heterocycles. The van der Waals surface area contributed by atoms with Gasteiger partial charge >= 0.3 is 0 Å². The van der Waals surface area contributed by atoms with E-state index in [1.165, 1.54) is 11.1 Å². The molecule has 0 atom stereocenters. The van der Waals surface area contributed by atoms with Crippen LogP contribution in [-0.2, 0) is 19.3 Å². The normalized spacial score (nSPS) is 11.2. The molecule has 0 saturated heterocycles. The number of aryl methyl sites for hydroxylation is 2. The van der Waals surface area contributed by atoms with E-state index < -0.39 is 0 Å². The van der Waals surface area contributed by atoms with Gasteiger partial charge in [-0.3, -0.25) is 4.99 Å². The van der Waals surface area contributed by atoms with Crippen molar-refractivity contribution in [3.63, 3.8) is 0 Å². The second-order valence-corrected chi connectivity index (χ2v) is 6.29. The molecule has 0 radical (unpaired) electrons. The number of nitrogens with one attached hydrogen (secondary N) is 1. The minimum absolute atomic E-state index is 0.412. The lowest BCUT2D eigenvalue weighted by Gasteiger charge is -2.16. The van der Waals surface area contributed by atoms with Crippen LogP contribution in [0.1, 0.15) is 30.5 Å². The molecule has 0 aliphatic carbocycles. The number of guanidine groups is 1. The number of ether oxygens (including phenoxy) is 3. The minimum atomic E-state index is 0.412. The third kappa shape index (κ3) is 4.88. The summed E-state index contributed by atoms with van der Waals surface area (Å²) in [5.74, 6) is 2.29. The number of anilines is 1. The molecule has 152 valence electrons. The Kier molecular flexibility index (Phi) is 7.99. The first kappa shape index (κ1) is 21.4. The number of rotatable bonds is 9. The maximum Gasteiger partial charge on any atom is 0.203 e. The molecule has 3 N–H and O–H groups in total. The molecule has 0 saturated carbocycles. The molecular formula is C22H31N3O3. The summed E-state index contributed by atoms with van der Waals surface area (Å²) in [6.07, 6.45) is 2.54. The zero-order chi connectivity index (χ0) is 20.5. The Morgan fingerprint density at radius 1 is 0.893 bits per heavy atom. The van der Waals surface area contributed by atoms with Gasteiger partial charge in [-0.05, 0) is 36.5 Å². The van der Waals surface area contributed by atoms with Crippen LogP contribution in [0, 0.1) is 0 Å². The number of aliphatic imine (C=N–C) groups is 1. The first-order chi connectivity index (χ1) is 13.6. The molecule has 0 amide bonds. The Bertz CT molecular complexity index is 797. The van der Waals surface area contributed by atoms with E-state index in [9.17, 15) is 0 Å². The molecule has 0 spiro atoms. The number of benzene rings is 2. The third-order valence-corrected chi connectivity index (χ3v) is 4.70. The summed E-state index contributed by atoms with van der Waals surface area (Å²) in [6, 6.07) is 10.1. The van der Waals surface area contributed by atoms with Crippen molar-refractivity contribution >= 4 is 11.6 Å². The number of hydrogen-bond donors (Lipinski definition) is 2. The van der Waals surface area contributed by atoms with Crippen LogP contribution in [0.4, 0.5) is 5.69 Å². The van der Waals surface area contributed by atoms with Gasteiger partial charge in [-0.2, -0.15) is 0 Å². The Morgan fingerprint density at radius 2 is 1.54 bits per heavy atom. The summed E-state index contributed by atoms with van der Waals surface area (Å²) < 4.78 is 16.3. The van der Waals surface area contributed by atoms with Crippen LogP contribution in [0.15, 0.2) is 35.3 Å². The molecular weight excluding hydrogens is 354 g/mol. The highest BCUT2D eigenvalue weighted by molar-refractivity contribution is 5.93. The molecule has 0 aliphatic rings. The number of nitrogens with two attached hydrogens (primary N) is 1. The Morgan fingerprint density at radius 3 is 2.07 bits per heavy atom. The van der Waals surface area contributed by atoms with E-state index >= 15 is 0 Å². The highest BCUT2D eigenvalue weighted by Gasteiger charge is 2.15. The monoisotopic (exact) mass is 385 g/mol. The van der Waals surface area contributed by atoms with Crippen LogP contribution in [-0.4, -0.2) is 33.8 Å². The van der Waals surface area contributed by atoms with Gasteiger partial charge in [-0.15, -0.1) is 0 Å². The van der Waals surface area contributed by atoms with Gasteiger partial charge in [0, 0.05) is 17.8 Å². The third-order valence-electron chi connectivity index (χ3n) is 4.70. The number of nitrogens with zero attached hydrogens (tertiary/aromatic N) is 1. The fourth-order valence-corrected chi connectivity index (χ4v) is 3.23. The second-order valence-electron chi connectivity index (χ2n) is 6.29. The first-order valence-corrected chi connectivity index (χ1v) is 9.55. The fraction of sp³-hybridized carbons (Fsp3) is 0.409. The summed E-state index contributed by atoms with van der Waals surface area (Å²) in [5, 5.41) is 3.29. The standard InChI is InChI=1S/C22H31N3O3/c1-6-15-9-8-10-16(7-2)19(15)25-22(23)24-14-13-17-11-12-18(26-3)21(28-5)20(17)27-4/h8-12H,6-7,13-14H2,1-5H3,(H3,23,24,25). The fourth-order valence-electron chi connectivity index (χ4n) is 3.23. The van der Waals surface area contributed by atoms with Crippen molar-refractivity contribution in [2.75, 3.05) is 33.2 Å². The molecule has 2 aromatic rings. The van der Waals surface area contributed by atoms with E-state index in [0.717, 1.165) is 24.1 Å². The molecule has 6 nitrogen and oxygen atoms in total. The van der Waals surface area contributed by atoms with Crippen molar-refractivity contribution < 1.29 is 14.2 Å². The van der Waals surface area contributed by atoms with Crippen LogP contribution in [0.2, 0.25) is 0 Å². The van der Waals surface area contributed by atoms with E-state index in [1.807, 2.05) is 12.1 Å². The van der Waals surface area contributed by atoms with Crippen LogP contribution in [0.25, 0.3) is 0 Å². The molecule has 2 rings (SSSR count). The molecule has 6 heteroatoms. The first-order valence-electron chi connectivity index (χ1n) is 9.55. The molecule has 28 heavy (non-hydrogen) atoms. The summed E-state index contributed by atoms with van der Waals surface area (Å²) in [5.41, 5.74) is 10.7. The van der Waals surface area contributed by atoms with E-state index in [1.54, 1.807) is 21.3 Å². The van der Waals surface area contributed by atoms with Gasteiger partial charge in [0.1, 0.15) is 0 Å². The maximum atomic E-state index is 6.15. The SMILES string of the molecule is CCc1cccc(CC)c1NC(N)=NCCc1ccc(OC)c(OC)c1OC. The molecule has 0 bridgehead atoms. The lowest BCUT2D eigenvalue weighted by Crippen LogP contribution is -2.24. The number of hydrogen-bond acceptors (Lipinski definition) is 4. The van der Waals surface area contributed by atoms with E-state index in [0.29, 0.717) is 36.2 Å². The van der Waals surface area contributed by atoms with Crippen molar-refractivity contribution in [2.24, 2.45) is 10.7 Å². The topological polar surface area (TPSA) is 78.1 Å². The lowest BCUT2D eigenvalue weighted by atomic mass is 10.0. The average molecular weight is 386 g/mol. The van der Waals surface area contributed by atoms with Gasteiger partial charge in [0.05, 0.1) is 21.3 Å². The Balaban J connectivity index is 2.14. The number of methoxy groups -OCH3 is 3. The predicted molar refractivity (Wildman–Crippen MR) is 115 cm³/mol. The van der Waals surface area contributed by atoms with E-state index in [4.69, 9.17) is 19.9 Å². The molecule has 2 aromatic carbocycles. The molecule has 0 fully saturated rings. The van der Waals surface area contributed by atoms with E-state index in [2.05, 4.69) is 42.4 Å². The molecule has 0 heterocycles. The average Bonchev–Trinajstić information content (AvgIpc) is 2.73. The minimum Gasteiger partial charge on any atom is -0.493 e. The smallest absolute Gasteiger partial charge is 0.203 e. The van der Waals surface area contributed by atoms with Crippen molar-refractivity contribution in [1.82, 2.24) is 0 Å². The Labute approximate surface area is 167 Å². The molecule has 0 unspecified atom stereocenters. The van der Waals surface area contributed by atoms with Gasteiger partial charge < -0.3 is 25.3 Å². The largest absolute Gasteiger partial charge is 0.493 e. The zero-order valence-corrected chi connectivity index (χ0v) is 17.5. The summed E-state index contributed by atoms with van der Waals surface area (Å²) in [7, 11) is 4.82. The summed E-state index contributed by atoms with van der Waals surface area (Å²) in [4.78, 5) is 4.49. The number of para-hydroxylation sites is 1. The maximum absolute atomic E-state index is 6.15. The van der Waals surface area contributed by atoms with Crippen molar-refractivity contribution in [3.05, 3.63) is 47.0 Å². The van der Waals surface area contributed by atoms with Crippen LogP contribution in [0.5, 0.6) is 17.2 Å². The van der Waals surface area contributed by atoms with Crippen molar-refractivity contribution in [2.45, 2.75) is 33.1 Å². The lowest BCUT2D eigenvalue weighted by molar-refractivity contribution is 0.322. The van der Waals surface area contributed by atoms with Crippen molar-refractivity contribution in [1.29, 1.82) is 0 Å². The van der Waals surface area contributed by atoms with Gasteiger partial charge in [-0.1, -0.05) is 38.1 Å². The van der Waals surface area contributed by atoms with Crippen LogP contribution >= 0.6 is 0 Å². The summed E-state index contributed by atoms with van der Waals surface area (Å²) >= 11 is 0. The quantitative estimate of drug-likeness (QED) is 0.507. The Hall–Kier alpha value is -2.89. The van der Waals surface area contributed by atoms with Gasteiger partial charge in [0.15, 0.2) is 17.5 Å². The van der Waals surface area contributed by atoms with Gasteiger partial charge in [0.25, 0.3) is 0 Å². The molecule has 0 aromatic heterocycles. The summed E-state index contributed by atoms with van der Waals surface area (Å²) in [6.45, 7) is 4.80. The van der Waals surface area contributed by atoms with Crippen LogP contribution < -0.4 is 25.3 Å². The predicted octanol–water partition coefficient (Wildman–Crippen LogP) is 3.81. The van der Waals surface area contributed by atoms with E-state index in [-0.39, 0.29) is 0 Å². The van der Waals surface area contributed by atoms with Crippen LogP contribution in [0.3, 0.4) is 0 Å². The van der Waals surface area contributed by atoms with Gasteiger partial charge in [-0.25, -0.2) is 0 Å². The van der Waals surface area contributed by atoms with Gasteiger partial charge in [0.2, 0.25) is 5.75 Å². The highest BCUT2D eigenvalue weighted by atomic mass is 16.5.